The van der Waals surface area contributed by atoms with E-state index in [9.17, 15) is 4.79 Å². The van der Waals surface area contributed by atoms with Gasteiger partial charge in [0.2, 0.25) is 0 Å². The van der Waals surface area contributed by atoms with Gasteiger partial charge in [-0.05, 0) is 177 Å². The molecule has 0 aliphatic carbocycles. The normalized spacial score (nSPS) is 10.4. The number of nitrogens with one attached hydrogen (secondary N) is 1. The van der Waals surface area contributed by atoms with Crippen LogP contribution < -0.4 is 10.1 Å². The summed E-state index contributed by atoms with van der Waals surface area (Å²) in [5.41, 5.74) is 10.7. The van der Waals surface area contributed by atoms with E-state index < -0.39 is 0 Å². The lowest BCUT2D eigenvalue weighted by Crippen LogP contribution is -2.15. The average Bonchev–Trinajstić information content (AvgIpc) is 3.25. The molecule has 2 aromatic carbocycles. The number of methoxy groups -OCH3 is 1. The van der Waals surface area contributed by atoms with Crippen LogP contribution in [-0.2, 0) is 9.53 Å². The lowest BCUT2D eigenvalue weighted by atomic mass is 9.85. The van der Waals surface area contributed by atoms with Crippen molar-refractivity contribution in [3.05, 3.63) is 84.9 Å². The number of aldehydes is 1. The van der Waals surface area contributed by atoms with Gasteiger partial charge >= 0.3 is 0 Å². The number of hydrogen-bond acceptors (Lipinski definition) is 4. The van der Waals surface area contributed by atoms with Crippen LogP contribution in [0, 0.1) is 20.8 Å². The smallest absolute Gasteiger partial charge is 0.146 e. The van der Waals surface area contributed by atoms with Crippen molar-refractivity contribution in [3.8, 4) is 5.75 Å². The maximum atomic E-state index is 12.0. The third kappa shape index (κ3) is 32.4. The molecule has 0 atom stereocenters. The van der Waals surface area contributed by atoms with Gasteiger partial charge in [-0.3, -0.25) is 4.79 Å². The summed E-state index contributed by atoms with van der Waals surface area (Å²) in [6, 6.07) is 7.94. The van der Waals surface area contributed by atoms with Gasteiger partial charge in [-0.15, -0.1) is 0 Å². The number of carbonyl (C=O) groups excluding carboxylic acids is 1. The molecule has 0 spiro atoms. The number of unbranched alkanes of at least 4 members (excludes halogenated alkanes) is 1. The van der Waals surface area contributed by atoms with E-state index in [-0.39, 0.29) is 5.60 Å². The quantitative estimate of drug-likeness (QED) is 0.0838. The van der Waals surface area contributed by atoms with Crippen LogP contribution in [0.1, 0.15) is 211 Å². The fourth-order valence-corrected chi connectivity index (χ4v) is 5.45. The fourth-order valence-electron chi connectivity index (χ4n) is 5.04. The Morgan fingerprint density at radius 3 is 1.55 bits per heavy atom. The number of rotatable bonds is 15. The number of carbonyl (C=O) groups is 1. The molecule has 4 nitrogen and oxygen atoms in total. The maximum absolute atomic E-state index is 12.0. The van der Waals surface area contributed by atoms with Gasteiger partial charge in [-0.25, -0.2) is 0 Å². The first-order valence-electron chi connectivity index (χ1n) is 23.4. The van der Waals surface area contributed by atoms with E-state index in [0.29, 0.717) is 13.0 Å². The van der Waals surface area contributed by atoms with Gasteiger partial charge in [0.1, 0.15) is 12.0 Å². The van der Waals surface area contributed by atoms with Crippen LogP contribution in [0.2, 0.25) is 10.0 Å². The molecule has 2 rings (SSSR count). The minimum Gasteiger partial charge on any atom is -0.494 e. The van der Waals surface area contributed by atoms with Crippen LogP contribution in [0.5, 0.6) is 5.75 Å². The lowest BCUT2D eigenvalue weighted by Gasteiger charge is -2.21. The lowest BCUT2D eigenvalue weighted by molar-refractivity contribution is -0.105. The largest absolute Gasteiger partial charge is 0.494 e. The summed E-state index contributed by atoms with van der Waals surface area (Å²) in [4.78, 5) is 12.0. The summed E-state index contributed by atoms with van der Waals surface area (Å²) in [6.07, 6.45) is 10.4. The Morgan fingerprint density at radius 2 is 1.22 bits per heavy atom. The van der Waals surface area contributed by atoms with E-state index in [1.54, 1.807) is 7.11 Å². The van der Waals surface area contributed by atoms with Crippen molar-refractivity contribution in [1.29, 1.82) is 0 Å². The molecule has 0 fully saturated rings. The Morgan fingerprint density at radius 1 is 0.767 bits per heavy atom. The topological polar surface area (TPSA) is 47.6 Å². The summed E-state index contributed by atoms with van der Waals surface area (Å²) >= 11 is 13.0. The highest BCUT2D eigenvalue weighted by Crippen LogP contribution is 2.39. The number of halogens is 2. The molecule has 0 amide bonds. The second kappa shape index (κ2) is 46.1. The number of allylic oxidation sites excluding steroid dienone is 6. The second-order valence-corrected chi connectivity index (χ2v) is 15.1. The first kappa shape index (κ1) is 69.3. The molecule has 2 aromatic rings. The Hall–Kier alpha value is -2.37. The third-order valence-electron chi connectivity index (χ3n) is 8.44. The molecule has 0 saturated carbocycles. The SMILES string of the molecule is C/C=C(/C)C(=C(C)C)c1c(Cl)ccc(/C(CCCOc2cc(C)c(Cl)c(C)c2)=C(/C=O)CC)c1C.CC.CC.CC.CC.CCCC.CCCNCCC.COC(C)(C)C. The van der Waals surface area contributed by atoms with Crippen LogP contribution in [0.25, 0.3) is 11.1 Å². The zero-order valence-corrected chi connectivity index (χ0v) is 45.5. The van der Waals surface area contributed by atoms with E-state index in [2.05, 4.69) is 72.8 Å². The van der Waals surface area contributed by atoms with Crippen molar-refractivity contribution < 1.29 is 14.3 Å². The third-order valence-corrected chi connectivity index (χ3v) is 9.35. The Bertz CT molecular complexity index is 1380. The van der Waals surface area contributed by atoms with Crippen molar-refractivity contribution in [2.75, 3.05) is 26.8 Å². The molecule has 0 aliphatic rings. The Kier molecular flexibility index (Phi) is 53.3. The minimum absolute atomic E-state index is 0.0417. The van der Waals surface area contributed by atoms with Crippen molar-refractivity contribution in [2.24, 2.45) is 0 Å². The van der Waals surface area contributed by atoms with Crippen LogP contribution in [0.4, 0.5) is 0 Å². The van der Waals surface area contributed by atoms with Crippen LogP contribution in [0.3, 0.4) is 0 Å². The van der Waals surface area contributed by atoms with Crippen LogP contribution >= 0.6 is 23.2 Å². The monoisotopic (exact) mass is 880 g/mol. The first-order valence-corrected chi connectivity index (χ1v) is 24.1. The van der Waals surface area contributed by atoms with Gasteiger partial charge in [-0.2, -0.15) is 0 Å². The highest BCUT2D eigenvalue weighted by molar-refractivity contribution is 6.33. The summed E-state index contributed by atoms with van der Waals surface area (Å²) in [6.45, 7) is 50.2. The zero-order valence-electron chi connectivity index (χ0n) is 44.0. The minimum atomic E-state index is 0.0417. The van der Waals surface area contributed by atoms with Gasteiger partial charge in [0, 0.05) is 22.7 Å². The van der Waals surface area contributed by atoms with Gasteiger partial charge in [0.25, 0.3) is 0 Å². The molecule has 6 heteroatoms. The van der Waals surface area contributed by atoms with E-state index >= 15 is 0 Å². The Balaban J connectivity index is -0.000000239. The zero-order chi connectivity index (χ0) is 48.4. The predicted molar refractivity (Wildman–Crippen MR) is 279 cm³/mol. The Labute approximate surface area is 385 Å². The molecule has 0 radical (unpaired) electrons. The number of ether oxygens (including phenoxy) is 2. The molecule has 60 heavy (non-hydrogen) atoms. The van der Waals surface area contributed by atoms with E-state index in [1.165, 1.54) is 49.9 Å². The van der Waals surface area contributed by atoms with E-state index in [1.807, 2.05) is 122 Å². The molecule has 0 saturated heterocycles. The van der Waals surface area contributed by atoms with Crippen molar-refractivity contribution in [3.63, 3.8) is 0 Å². The highest BCUT2D eigenvalue weighted by atomic mass is 35.5. The van der Waals surface area contributed by atoms with Crippen LogP contribution in [-0.4, -0.2) is 38.7 Å². The fraction of sp³-hybridized carbons (Fsp3) is 0.648. The summed E-state index contributed by atoms with van der Waals surface area (Å²) in [7, 11) is 1.71. The van der Waals surface area contributed by atoms with Crippen molar-refractivity contribution in [2.45, 2.75) is 210 Å². The van der Waals surface area contributed by atoms with Crippen molar-refractivity contribution in [1.82, 2.24) is 5.32 Å². The average molecular weight is 881 g/mol. The molecule has 352 valence electrons. The molecule has 0 heterocycles. The molecular weight excluding hydrogens is 782 g/mol. The van der Waals surface area contributed by atoms with Gasteiger partial charge in [0.05, 0.1) is 12.2 Å². The number of aryl methyl sites for hydroxylation is 2. The molecular formula is C54H99Cl2NO3. The molecule has 1 N–H and O–H groups in total. The van der Waals surface area contributed by atoms with Gasteiger partial charge in [0.15, 0.2) is 0 Å². The molecule has 0 aliphatic heterocycles. The van der Waals surface area contributed by atoms with Crippen molar-refractivity contribution >= 4 is 40.6 Å². The maximum Gasteiger partial charge on any atom is 0.146 e. The standard InChI is InChI=1S/C31H38Cl2O2.C6H15N.C5H12O.C4H10.4C2H6/c1-9-20(5)29(19(3)4)30-23(8)26(13-14-28(30)32)27(24(10-2)18-34)12-11-15-35-25-16-21(6)31(33)22(7)17-25;1-3-5-7-6-4-2;1-5(2,3)6-4;1-3-4-2;4*1-2/h9,13-14,16-18H,10-12,15H2,1-8H3;7H,3-6H2,1-2H3;1-4H3;3-4H2,1-2H3;4*1-2H3/b20-9-,27-24+;;;;;;;. The number of hydrogen-bond donors (Lipinski definition) is 1. The van der Waals surface area contributed by atoms with E-state index in [4.69, 9.17) is 32.7 Å². The molecule has 0 aromatic heterocycles. The van der Waals surface area contributed by atoms with Gasteiger partial charge in [-0.1, -0.05) is 144 Å². The number of benzene rings is 2. The molecule has 0 bridgehead atoms. The summed E-state index contributed by atoms with van der Waals surface area (Å²) in [5.74, 6) is 0.820. The molecule has 0 unspecified atom stereocenters. The first-order chi connectivity index (χ1) is 28.5. The summed E-state index contributed by atoms with van der Waals surface area (Å²) in [5, 5.41) is 4.79. The van der Waals surface area contributed by atoms with Gasteiger partial charge < -0.3 is 14.8 Å². The summed E-state index contributed by atoms with van der Waals surface area (Å²) < 4.78 is 11.0. The second-order valence-electron chi connectivity index (χ2n) is 14.3. The highest BCUT2D eigenvalue weighted by Gasteiger charge is 2.19. The van der Waals surface area contributed by atoms with E-state index in [0.717, 1.165) is 79.5 Å². The predicted octanol–water partition coefficient (Wildman–Crippen LogP) is 18.6. The van der Waals surface area contributed by atoms with Crippen LogP contribution in [0.15, 0.2) is 47.1 Å².